The number of nitro groups is 1. The van der Waals surface area contributed by atoms with E-state index >= 15 is 0 Å². The fourth-order valence-electron chi connectivity index (χ4n) is 1.78. The number of aryl methyl sites for hydroxylation is 1. The van der Waals surface area contributed by atoms with Gasteiger partial charge in [-0.3, -0.25) is 14.9 Å². The van der Waals surface area contributed by atoms with Crippen LogP contribution in [0.5, 0.6) is 0 Å². The SMILES string of the molecule is Cc1cc(=O)n(Cc2ccccc2F)cc1[N+](=O)[O-]. The quantitative estimate of drug-likeness (QED) is 0.629. The second-order valence-corrected chi connectivity index (χ2v) is 4.16. The highest BCUT2D eigenvalue weighted by Crippen LogP contribution is 2.15. The topological polar surface area (TPSA) is 65.1 Å². The lowest BCUT2D eigenvalue weighted by Gasteiger charge is -2.07. The summed E-state index contributed by atoms with van der Waals surface area (Å²) in [5.74, 6) is -0.447. The Labute approximate surface area is 108 Å². The number of rotatable bonds is 3. The highest BCUT2D eigenvalue weighted by Gasteiger charge is 2.14. The molecule has 0 bridgehead atoms. The highest BCUT2D eigenvalue weighted by molar-refractivity contribution is 5.36. The Morgan fingerprint density at radius 3 is 2.68 bits per heavy atom. The molecule has 2 rings (SSSR count). The second kappa shape index (κ2) is 5.01. The van der Waals surface area contributed by atoms with Gasteiger partial charge in [0.1, 0.15) is 5.82 Å². The molecule has 5 nitrogen and oxygen atoms in total. The Morgan fingerprint density at radius 2 is 2.05 bits per heavy atom. The summed E-state index contributed by atoms with van der Waals surface area (Å²) >= 11 is 0. The van der Waals surface area contributed by atoms with Crippen molar-refractivity contribution < 1.29 is 9.31 Å². The van der Waals surface area contributed by atoms with Crippen molar-refractivity contribution >= 4 is 5.69 Å². The van der Waals surface area contributed by atoms with Crippen molar-refractivity contribution in [1.82, 2.24) is 4.57 Å². The molecule has 0 amide bonds. The van der Waals surface area contributed by atoms with E-state index in [1.54, 1.807) is 12.1 Å². The minimum Gasteiger partial charge on any atom is -0.304 e. The van der Waals surface area contributed by atoms with Gasteiger partial charge in [-0.1, -0.05) is 18.2 Å². The number of hydrogen-bond acceptors (Lipinski definition) is 3. The van der Waals surface area contributed by atoms with Gasteiger partial charge in [-0.2, -0.15) is 0 Å². The maximum atomic E-state index is 13.5. The van der Waals surface area contributed by atoms with Gasteiger partial charge in [-0.15, -0.1) is 0 Å². The summed E-state index contributed by atoms with van der Waals surface area (Å²) < 4.78 is 14.6. The molecule has 0 aliphatic heterocycles. The molecule has 0 spiro atoms. The number of benzene rings is 1. The summed E-state index contributed by atoms with van der Waals surface area (Å²) in [6.45, 7) is 1.46. The van der Waals surface area contributed by atoms with E-state index in [1.165, 1.54) is 25.1 Å². The van der Waals surface area contributed by atoms with Crippen LogP contribution in [0.1, 0.15) is 11.1 Å². The average Bonchev–Trinajstić information content (AvgIpc) is 2.34. The van der Waals surface area contributed by atoms with Crippen LogP contribution in [0.3, 0.4) is 0 Å². The Bertz CT molecular complexity index is 695. The van der Waals surface area contributed by atoms with Crippen LogP contribution in [0.2, 0.25) is 0 Å². The second-order valence-electron chi connectivity index (χ2n) is 4.16. The van der Waals surface area contributed by atoms with Gasteiger partial charge in [-0.25, -0.2) is 4.39 Å². The van der Waals surface area contributed by atoms with Crippen LogP contribution in [0.4, 0.5) is 10.1 Å². The highest BCUT2D eigenvalue weighted by atomic mass is 19.1. The summed E-state index contributed by atoms with van der Waals surface area (Å²) in [5.41, 5.74) is 0.0461. The first-order valence-electron chi connectivity index (χ1n) is 5.58. The van der Waals surface area contributed by atoms with Gasteiger partial charge in [0.05, 0.1) is 17.7 Å². The fraction of sp³-hybridized carbons (Fsp3) is 0.154. The lowest BCUT2D eigenvalue weighted by Crippen LogP contribution is -2.21. The Hall–Kier alpha value is -2.50. The zero-order valence-corrected chi connectivity index (χ0v) is 10.2. The molecule has 6 heteroatoms. The van der Waals surface area contributed by atoms with Crippen LogP contribution in [0, 0.1) is 22.9 Å². The van der Waals surface area contributed by atoms with Crippen LogP contribution < -0.4 is 5.56 Å². The number of halogens is 1. The van der Waals surface area contributed by atoms with Crippen molar-refractivity contribution in [3.63, 3.8) is 0 Å². The third kappa shape index (κ3) is 2.67. The fourth-order valence-corrected chi connectivity index (χ4v) is 1.78. The largest absolute Gasteiger partial charge is 0.304 e. The van der Waals surface area contributed by atoms with Crippen molar-refractivity contribution in [2.24, 2.45) is 0 Å². The van der Waals surface area contributed by atoms with Gasteiger partial charge in [0.2, 0.25) is 0 Å². The summed E-state index contributed by atoms with van der Waals surface area (Å²) in [4.78, 5) is 22.0. The normalized spacial score (nSPS) is 10.4. The van der Waals surface area contributed by atoms with Gasteiger partial charge in [0, 0.05) is 17.2 Å². The van der Waals surface area contributed by atoms with Gasteiger partial charge < -0.3 is 4.57 Å². The van der Waals surface area contributed by atoms with Crippen molar-refractivity contribution in [1.29, 1.82) is 0 Å². The number of hydrogen-bond donors (Lipinski definition) is 0. The minimum atomic E-state index is -0.563. The molecule has 0 atom stereocenters. The molecule has 0 fully saturated rings. The van der Waals surface area contributed by atoms with E-state index in [4.69, 9.17) is 0 Å². The predicted molar refractivity (Wildman–Crippen MR) is 67.6 cm³/mol. The van der Waals surface area contributed by atoms with E-state index in [0.717, 1.165) is 10.8 Å². The molecule has 0 aliphatic rings. The van der Waals surface area contributed by atoms with E-state index in [2.05, 4.69) is 0 Å². The van der Waals surface area contributed by atoms with E-state index in [1.807, 2.05) is 0 Å². The van der Waals surface area contributed by atoms with Crippen LogP contribution >= 0.6 is 0 Å². The van der Waals surface area contributed by atoms with E-state index < -0.39 is 16.3 Å². The Balaban J connectivity index is 2.46. The first kappa shape index (κ1) is 12.9. The third-order valence-corrected chi connectivity index (χ3v) is 2.80. The van der Waals surface area contributed by atoms with Crippen molar-refractivity contribution in [3.8, 4) is 0 Å². The molecule has 0 saturated carbocycles. The maximum absolute atomic E-state index is 13.5. The van der Waals surface area contributed by atoms with Crippen LogP contribution in [-0.4, -0.2) is 9.49 Å². The van der Waals surface area contributed by atoms with Crippen LogP contribution in [0.15, 0.2) is 41.3 Å². The molecule has 1 aromatic heterocycles. The first-order valence-corrected chi connectivity index (χ1v) is 5.58. The Kier molecular flexibility index (Phi) is 3.41. The minimum absolute atomic E-state index is 0.0351. The summed E-state index contributed by atoms with van der Waals surface area (Å²) in [7, 11) is 0. The first-order chi connectivity index (χ1) is 8.99. The average molecular weight is 262 g/mol. The zero-order chi connectivity index (χ0) is 14.0. The summed E-state index contributed by atoms with van der Waals surface area (Å²) in [6.07, 6.45) is 1.14. The van der Waals surface area contributed by atoms with E-state index in [0.29, 0.717) is 11.1 Å². The predicted octanol–water partition coefficient (Wildman–Crippen LogP) is 2.25. The molecule has 0 N–H and O–H groups in total. The third-order valence-electron chi connectivity index (χ3n) is 2.80. The number of nitrogens with zero attached hydrogens (tertiary/aromatic N) is 2. The molecule has 0 radical (unpaired) electrons. The molecule has 19 heavy (non-hydrogen) atoms. The van der Waals surface area contributed by atoms with Gasteiger partial charge in [-0.05, 0) is 13.0 Å². The molecule has 1 aromatic carbocycles. The van der Waals surface area contributed by atoms with E-state index in [-0.39, 0.29) is 12.2 Å². The molecule has 98 valence electrons. The molecule has 2 aromatic rings. The lowest BCUT2D eigenvalue weighted by molar-refractivity contribution is -0.385. The number of aromatic nitrogens is 1. The van der Waals surface area contributed by atoms with Gasteiger partial charge >= 0.3 is 0 Å². The summed E-state index contributed by atoms with van der Waals surface area (Å²) in [5, 5.41) is 10.8. The van der Waals surface area contributed by atoms with Crippen molar-refractivity contribution in [2.75, 3.05) is 0 Å². The molecule has 0 unspecified atom stereocenters. The Morgan fingerprint density at radius 1 is 1.37 bits per heavy atom. The molecule has 1 heterocycles. The van der Waals surface area contributed by atoms with Crippen LogP contribution in [0.25, 0.3) is 0 Å². The molecular formula is C13H11FN2O3. The van der Waals surface area contributed by atoms with Gasteiger partial charge in [0.25, 0.3) is 11.2 Å². The zero-order valence-electron chi connectivity index (χ0n) is 10.2. The van der Waals surface area contributed by atoms with Gasteiger partial charge in [0.15, 0.2) is 0 Å². The lowest BCUT2D eigenvalue weighted by atomic mass is 10.2. The smallest absolute Gasteiger partial charge is 0.288 e. The standard InChI is InChI=1S/C13H11FN2O3/c1-9-6-13(17)15(8-12(9)16(18)19)7-10-4-2-3-5-11(10)14/h2-6,8H,7H2,1H3. The van der Waals surface area contributed by atoms with Crippen molar-refractivity contribution in [2.45, 2.75) is 13.5 Å². The van der Waals surface area contributed by atoms with Crippen LogP contribution in [-0.2, 0) is 6.54 Å². The maximum Gasteiger partial charge on any atom is 0.288 e. The van der Waals surface area contributed by atoms with E-state index in [9.17, 15) is 19.3 Å². The summed E-state index contributed by atoms with van der Waals surface area (Å²) in [6, 6.07) is 7.18. The molecule has 0 saturated heterocycles. The number of pyridine rings is 1. The monoisotopic (exact) mass is 262 g/mol. The van der Waals surface area contributed by atoms with Crippen molar-refractivity contribution in [3.05, 3.63) is 73.9 Å². The molecular weight excluding hydrogens is 251 g/mol. The molecule has 0 aliphatic carbocycles.